The van der Waals surface area contributed by atoms with E-state index in [1.807, 2.05) is 74.5 Å². The molecule has 0 bridgehead atoms. The molecular formula is C24H25N3O3. The van der Waals surface area contributed by atoms with Gasteiger partial charge in [0.25, 0.3) is 5.91 Å². The first kappa shape index (κ1) is 20.9. The Morgan fingerprint density at radius 3 is 2.07 bits per heavy atom. The van der Waals surface area contributed by atoms with Gasteiger partial charge in [-0.05, 0) is 61.4 Å². The van der Waals surface area contributed by atoms with E-state index >= 15 is 0 Å². The van der Waals surface area contributed by atoms with E-state index in [0.717, 1.165) is 28.2 Å². The van der Waals surface area contributed by atoms with Crippen LogP contribution < -0.4 is 20.7 Å². The lowest BCUT2D eigenvalue weighted by atomic mass is 10.1. The van der Waals surface area contributed by atoms with E-state index in [1.54, 1.807) is 12.1 Å². The van der Waals surface area contributed by atoms with Gasteiger partial charge in [-0.2, -0.15) is 0 Å². The third-order valence-electron chi connectivity index (χ3n) is 4.48. The fraction of sp³-hybridized carbons (Fsp3) is 0.167. The molecular weight excluding hydrogens is 378 g/mol. The molecule has 0 aliphatic carbocycles. The molecule has 154 valence electrons. The second-order valence-electron chi connectivity index (χ2n) is 6.90. The summed E-state index contributed by atoms with van der Waals surface area (Å²) in [6.07, 6.45) is 0. The van der Waals surface area contributed by atoms with Gasteiger partial charge in [-0.1, -0.05) is 36.4 Å². The van der Waals surface area contributed by atoms with Crippen molar-refractivity contribution >= 4 is 28.9 Å². The number of benzene rings is 3. The topological polar surface area (TPSA) is 79.5 Å². The first-order chi connectivity index (χ1) is 14.5. The zero-order chi connectivity index (χ0) is 21.3. The van der Waals surface area contributed by atoms with Gasteiger partial charge in [-0.15, -0.1) is 0 Å². The summed E-state index contributed by atoms with van der Waals surface area (Å²) < 4.78 is 5.49. The fourth-order valence-electron chi connectivity index (χ4n) is 2.90. The first-order valence-electron chi connectivity index (χ1n) is 9.69. The lowest BCUT2D eigenvalue weighted by Gasteiger charge is -2.12. The monoisotopic (exact) mass is 403 g/mol. The van der Waals surface area contributed by atoms with Gasteiger partial charge in [0.2, 0.25) is 5.91 Å². The summed E-state index contributed by atoms with van der Waals surface area (Å²) >= 11 is 0. The number of aryl methyl sites for hydroxylation is 2. The van der Waals surface area contributed by atoms with Crippen molar-refractivity contribution in [2.45, 2.75) is 13.8 Å². The Kier molecular flexibility index (Phi) is 7.05. The highest BCUT2D eigenvalue weighted by Crippen LogP contribution is 2.20. The summed E-state index contributed by atoms with van der Waals surface area (Å²) in [5.41, 5.74) is 4.63. The molecule has 0 spiro atoms. The summed E-state index contributed by atoms with van der Waals surface area (Å²) in [5, 5.41) is 8.68. The summed E-state index contributed by atoms with van der Waals surface area (Å²) in [5.74, 6) is -0.0704. The van der Waals surface area contributed by atoms with Crippen molar-refractivity contribution in [1.82, 2.24) is 5.32 Å². The van der Waals surface area contributed by atoms with Gasteiger partial charge in [0.05, 0.1) is 6.54 Å². The molecule has 0 atom stereocenters. The van der Waals surface area contributed by atoms with Crippen LogP contribution >= 0.6 is 0 Å². The average Bonchev–Trinajstić information content (AvgIpc) is 2.75. The molecule has 0 heterocycles. The van der Waals surface area contributed by atoms with Crippen molar-refractivity contribution in [3.8, 4) is 5.75 Å². The van der Waals surface area contributed by atoms with Crippen molar-refractivity contribution < 1.29 is 14.3 Å². The number of hydrogen-bond acceptors (Lipinski definition) is 4. The van der Waals surface area contributed by atoms with Crippen LogP contribution in [-0.4, -0.2) is 25.0 Å². The molecule has 0 saturated heterocycles. The van der Waals surface area contributed by atoms with E-state index in [0.29, 0.717) is 5.75 Å². The van der Waals surface area contributed by atoms with Crippen LogP contribution in [0.3, 0.4) is 0 Å². The van der Waals surface area contributed by atoms with Crippen LogP contribution in [-0.2, 0) is 9.59 Å². The van der Waals surface area contributed by atoms with Crippen molar-refractivity contribution in [3.05, 3.63) is 83.9 Å². The van der Waals surface area contributed by atoms with Crippen LogP contribution in [0.2, 0.25) is 0 Å². The van der Waals surface area contributed by atoms with Gasteiger partial charge in [0, 0.05) is 17.1 Å². The second kappa shape index (κ2) is 10.1. The second-order valence-corrected chi connectivity index (χ2v) is 6.90. The Hall–Kier alpha value is -3.80. The number of carbonyl (C=O) groups excluding carboxylic acids is 2. The van der Waals surface area contributed by atoms with Gasteiger partial charge in [0.1, 0.15) is 5.75 Å². The van der Waals surface area contributed by atoms with Gasteiger partial charge in [-0.25, -0.2) is 0 Å². The van der Waals surface area contributed by atoms with Gasteiger partial charge < -0.3 is 20.7 Å². The van der Waals surface area contributed by atoms with Gasteiger partial charge >= 0.3 is 0 Å². The van der Waals surface area contributed by atoms with E-state index in [4.69, 9.17) is 4.74 Å². The lowest BCUT2D eigenvalue weighted by molar-refractivity contribution is -0.125. The van der Waals surface area contributed by atoms with Crippen LogP contribution in [0.25, 0.3) is 0 Å². The van der Waals surface area contributed by atoms with E-state index in [9.17, 15) is 9.59 Å². The van der Waals surface area contributed by atoms with Crippen LogP contribution in [0.1, 0.15) is 11.1 Å². The standard InChI is InChI=1S/C24H25N3O3/c1-17-7-6-8-18(2)24(17)27-22(28)15-25-23(29)16-30-21-13-11-20(12-14-21)26-19-9-4-3-5-10-19/h3-14,26H,15-16H2,1-2H3,(H,25,29)(H,27,28). The maximum atomic E-state index is 12.1. The Morgan fingerprint density at radius 1 is 0.767 bits per heavy atom. The van der Waals surface area contributed by atoms with E-state index < -0.39 is 0 Å². The zero-order valence-electron chi connectivity index (χ0n) is 17.1. The molecule has 6 heteroatoms. The molecule has 3 rings (SSSR count). The molecule has 6 nitrogen and oxygen atoms in total. The number of rotatable bonds is 8. The summed E-state index contributed by atoms with van der Waals surface area (Å²) in [7, 11) is 0. The fourth-order valence-corrected chi connectivity index (χ4v) is 2.90. The number of para-hydroxylation sites is 2. The molecule has 3 N–H and O–H groups in total. The number of nitrogens with one attached hydrogen (secondary N) is 3. The highest BCUT2D eigenvalue weighted by molar-refractivity contribution is 5.95. The molecule has 0 saturated carbocycles. The number of carbonyl (C=O) groups is 2. The van der Waals surface area contributed by atoms with Crippen molar-refractivity contribution in [3.63, 3.8) is 0 Å². The molecule has 0 radical (unpaired) electrons. The maximum absolute atomic E-state index is 12.1. The first-order valence-corrected chi connectivity index (χ1v) is 9.69. The minimum atomic E-state index is -0.363. The van der Waals surface area contributed by atoms with Gasteiger partial charge in [-0.3, -0.25) is 9.59 Å². The Morgan fingerprint density at radius 2 is 1.40 bits per heavy atom. The van der Waals surface area contributed by atoms with Crippen LogP contribution in [0.15, 0.2) is 72.8 Å². The molecule has 0 unspecified atom stereocenters. The lowest BCUT2D eigenvalue weighted by Crippen LogP contribution is -2.36. The number of anilines is 3. The number of hydrogen-bond donors (Lipinski definition) is 3. The molecule has 0 aromatic heterocycles. The Balaban J connectivity index is 1.41. The third kappa shape index (κ3) is 6.10. The van der Waals surface area contributed by atoms with Gasteiger partial charge in [0.15, 0.2) is 6.61 Å². The smallest absolute Gasteiger partial charge is 0.258 e. The molecule has 2 amide bonds. The van der Waals surface area contributed by atoms with E-state index in [2.05, 4.69) is 16.0 Å². The van der Waals surface area contributed by atoms with Crippen LogP contribution in [0.5, 0.6) is 5.75 Å². The molecule has 3 aromatic rings. The number of amides is 2. The minimum Gasteiger partial charge on any atom is -0.484 e. The highest BCUT2D eigenvalue weighted by Gasteiger charge is 2.09. The quantitative estimate of drug-likeness (QED) is 0.527. The highest BCUT2D eigenvalue weighted by atomic mass is 16.5. The Labute approximate surface area is 176 Å². The summed E-state index contributed by atoms with van der Waals surface area (Å²) in [4.78, 5) is 24.1. The summed E-state index contributed by atoms with van der Waals surface area (Å²) in [6.45, 7) is 3.57. The molecule has 3 aromatic carbocycles. The maximum Gasteiger partial charge on any atom is 0.258 e. The van der Waals surface area contributed by atoms with E-state index in [-0.39, 0.29) is 25.0 Å². The Bertz CT molecular complexity index is 982. The summed E-state index contributed by atoms with van der Waals surface area (Å²) in [6, 6.07) is 22.9. The molecule has 0 fully saturated rings. The van der Waals surface area contributed by atoms with E-state index in [1.165, 1.54) is 0 Å². The van der Waals surface area contributed by atoms with Crippen molar-refractivity contribution in [1.29, 1.82) is 0 Å². The SMILES string of the molecule is Cc1cccc(C)c1NC(=O)CNC(=O)COc1ccc(Nc2ccccc2)cc1. The largest absolute Gasteiger partial charge is 0.484 e. The average molecular weight is 403 g/mol. The third-order valence-corrected chi connectivity index (χ3v) is 4.48. The predicted molar refractivity (Wildman–Crippen MR) is 119 cm³/mol. The zero-order valence-corrected chi connectivity index (χ0v) is 17.1. The van der Waals surface area contributed by atoms with Crippen LogP contribution in [0.4, 0.5) is 17.1 Å². The number of ether oxygens (including phenoxy) is 1. The van der Waals surface area contributed by atoms with Crippen molar-refractivity contribution in [2.24, 2.45) is 0 Å². The molecule has 30 heavy (non-hydrogen) atoms. The predicted octanol–water partition coefficient (Wildman–Crippen LogP) is 4.18. The molecule has 0 aliphatic heterocycles. The molecule has 0 aliphatic rings. The van der Waals surface area contributed by atoms with Crippen molar-refractivity contribution in [2.75, 3.05) is 23.8 Å². The van der Waals surface area contributed by atoms with Crippen LogP contribution in [0, 0.1) is 13.8 Å². The minimum absolute atomic E-state index is 0.115. The normalized spacial score (nSPS) is 10.2.